The maximum Gasteiger partial charge on any atom is 0.231 e. The molecule has 0 unspecified atom stereocenters. The molecule has 0 saturated carbocycles. The molecule has 2 aromatic heterocycles. The van der Waals surface area contributed by atoms with Gasteiger partial charge in [0, 0.05) is 23.9 Å². The van der Waals surface area contributed by atoms with Crippen LogP contribution in [0.1, 0.15) is 5.76 Å². The van der Waals surface area contributed by atoms with E-state index in [1.165, 1.54) is 6.33 Å². The highest BCUT2D eigenvalue weighted by molar-refractivity contribution is 5.64. The minimum absolute atomic E-state index is 0.247. The van der Waals surface area contributed by atoms with Crippen molar-refractivity contribution in [3.8, 4) is 11.5 Å². The van der Waals surface area contributed by atoms with E-state index in [9.17, 15) is 0 Å². The normalized spacial score (nSPS) is 12.2. The van der Waals surface area contributed by atoms with Gasteiger partial charge in [-0.3, -0.25) is 0 Å². The van der Waals surface area contributed by atoms with Gasteiger partial charge < -0.3 is 24.6 Å². The number of hydrogen-bond acceptors (Lipinski definition) is 8. The van der Waals surface area contributed by atoms with Crippen molar-refractivity contribution in [3.05, 3.63) is 42.4 Å². The number of ether oxygens (including phenoxy) is 2. The van der Waals surface area contributed by atoms with Gasteiger partial charge in [-0.2, -0.15) is 0 Å². The SMILES string of the molecule is Cc1cc(Nc2cc(Nc3ccc4c(c3)OCO4)ncn2)no1. The fourth-order valence-corrected chi connectivity index (χ4v) is 2.17. The van der Waals surface area contributed by atoms with Crippen LogP contribution >= 0.6 is 0 Å². The Balaban J connectivity index is 1.52. The second-order valence-electron chi connectivity index (χ2n) is 4.93. The quantitative estimate of drug-likeness (QED) is 0.759. The molecule has 1 aliphatic heterocycles. The van der Waals surface area contributed by atoms with Crippen LogP contribution in [-0.4, -0.2) is 21.9 Å². The van der Waals surface area contributed by atoms with E-state index in [4.69, 9.17) is 14.0 Å². The van der Waals surface area contributed by atoms with E-state index in [0.717, 1.165) is 17.2 Å². The molecule has 8 heteroatoms. The molecule has 0 atom stereocenters. The summed E-state index contributed by atoms with van der Waals surface area (Å²) in [5.41, 5.74) is 0.844. The molecule has 3 aromatic rings. The monoisotopic (exact) mass is 311 g/mol. The second kappa shape index (κ2) is 5.48. The van der Waals surface area contributed by atoms with Gasteiger partial charge in [0.2, 0.25) is 6.79 Å². The molecule has 3 heterocycles. The van der Waals surface area contributed by atoms with Crippen LogP contribution in [0.5, 0.6) is 11.5 Å². The molecular weight excluding hydrogens is 298 g/mol. The average Bonchev–Trinajstić information content (AvgIpc) is 3.16. The maximum atomic E-state index is 5.36. The molecule has 0 amide bonds. The minimum Gasteiger partial charge on any atom is -0.454 e. The van der Waals surface area contributed by atoms with E-state index in [-0.39, 0.29) is 6.79 Å². The number of hydrogen-bond donors (Lipinski definition) is 2. The van der Waals surface area contributed by atoms with Crippen LogP contribution in [0.3, 0.4) is 0 Å². The summed E-state index contributed by atoms with van der Waals surface area (Å²) in [7, 11) is 0. The molecule has 4 rings (SSSR count). The lowest BCUT2D eigenvalue weighted by atomic mass is 10.3. The molecule has 8 nitrogen and oxygen atoms in total. The van der Waals surface area contributed by atoms with Crippen LogP contribution in [0.2, 0.25) is 0 Å². The van der Waals surface area contributed by atoms with Gasteiger partial charge in [-0.15, -0.1) is 0 Å². The third-order valence-corrected chi connectivity index (χ3v) is 3.20. The Bertz CT molecular complexity index is 849. The highest BCUT2D eigenvalue weighted by Crippen LogP contribution is 2.35. The second-order valence-corrected chi connectivity index (χ2v) is 4.93. The smallest absolute Gasteiger partial charge is 0.231 e. The van der Waals surface area contributed by atoms with Gasteiger partial charge in [-0.1, -0.05) is 5.16 Å². The molecule has 0 aliphatic carbocycles. The molecule has 23 heavy (non-hydrogen) atoms. The van der Waals surface area contributed by atoms with Gasteiger partial charge in [-0.25, -0.2) is 9.97 Å². The van der Waals surface area contributed by atoms with Crippen LogP contribution in [0.15, 0.2) is 41.2 Å². The number of aryl methyl sites for hydroxylation is 1. The zero-order chi connectivity index (χ0) is 15.6. The van der Waals surface area contributed by atoms with E-state index in [2.05, 4.69) is 25.8 Å². The highest BCUT2D eigenvalue weighted by Gasteiger charge is 2.13. The summed E-state index contributed by atoms with van der Waals surface area (Å²) in [6.07, 6.45) is 1.46. The van der Waals surface area contributed by atoms with Crippen molar-refractivity contribution >= 4 is 23.1 Å². The predicted octanol–water partition coefficient (Wildman–Crippen LogP) is 2.99. The van der Waals surface area contributed by atoms with E-state index in [1.54, 1.807) is 12.1 Å². The van der Waals surface area contributed by atoms with Crippen molar-refractivity contribution in [1.29, 1.82) is 0 Å². The Kier molecular flexibility index (Phi) is 3.19. The van der Waals surface area contributed by atoms with Gasteiger partial charge in [0.25, 0.3) is 0 Å². The summed E-state index contributed by atoms with van der Waals surface area (Å²) in [6, 6.07) is 9.16. The summed E-state index contributed by atoms with van der Waals surface area (Å²) < 4.78 is 15.7. The summed E-state index contributed by atoms with van der Waals surface area (Å²) in [6.45, 7) is 2.07. The van der Waals surface area contributed by atoms with Crippen LogP contribution in [0.25, 0.3) is 0 Å². The Morgan fingerprint density at radius 1 is 0.913 bits per heavy atom. The van der Waals surface area contributed by atoms with Gasteiger partial charge in [0.15, 0.2) is 17.3 Å². The zero-order valence-corrected chi connectivity index (χ0v) is 12.2. The Morgan fingerprint density at radius 2 is 1.74 bits per heavy atom. The van der Waals surface area contributed by atoms with Gasteiger partial charge >= 0.3 is 0 Å². The number of anilines is 4. The molecule has 0 saturated heterocycles. The summed E-state index contributed by atoms with van der Waals surface area (Å²) in [4.78, 5) is 8.35. The molecule has 0 fully saturated rings. The van der Waals surface area contributed by atoms with Crippen molar-refractivity contribution in [2.24, 2.45) is 0 Å². The third kappa shape index (κ3) is 2.86. The summed E-state index contributed by atoms with van der Waals surface area (Å²) >= 11 is 0. The predicted molar refractivity (Wildman–Crippen MR) is 82.4 cm³/mol. The Morgan fingerprint density at radius 3 is 2.57 bits per heavy atom. The summed E-state index contributed by atoms with van der Waals surface area (Å²) in [5, 5.41) is 10.1. The minimum atomic E-state index is 0.247. The molecule has 0 spiro atoms. The lowest BCUT2D eigenvalue weighted by Crippen LogP contribution is -1.98. The van der Waals surface area contributed by atoms with Crippen LogP contribution < -0.4 is 20.1 Å². The molecule has 2 N–H and O–H groups in total. The molecule has 0 bridgehead atoms. The van der Waals surface area contributed by atoms with Crippen LogP contribution in [0, 0.1) is 6.92 Å². The Hall–Kier alpha value is -3.29. The lowest BCUT2D eigenvalue weighted by Gasteiger charge is -2.08. The highest BCUT2D eigenvalue weighted by atomic mass is 16.7. The fourth-order valence-electron chi connectivity index (χ4n) is 2.17. The third-order valence-electron chi connectivity index (χ3n) is 3.20. The number of benzene rings is 1. The number of nitrogens with zero attached hydrogens (tertiary/aromatic N) is 3. The number of nitrogens with one attached hydrogen (secondary N) is 2. The topological polar surface area (TPSA) is 94.3 Å². The average molecular weight is 311 g/mol. The van der Waals surface area contributed by atoms with Crippen molar-refractivity contribution in [2.45, 2.75) is 6.92 Å². The van der Waals surface area contributed by atoms with E-state index in [1.807, 2.05) is 25.1 Å². The first-order valence-corrected chi connectivity index (χ1v) is 6.95. The van der Waals surface area contributed by atoms with Crippen molar-refractivity contribution in [3.63, 3.8) is 0 Å². The first-order chi connectivity index (χ1) is 11.3. The number of fused-ring (bicyclic) bond motifs is 1. The van der Waals surface area contributed by atoms with Gasteiger partial charge in [0.1, 0.15) is 23.7 Å². The molecule has 1 aliphatic rings. The van der Waals surface area contributed by atoms with E-state index < -0.39 is 0 Å². The molecular formula is C15H13N5O3. The van der Waals surface area contributed by atoms with Crippen molar-refractivity contribution in [2.75, 3.05) is 17.4 Å². The van der Waals surface area contributed by atoms with Gasteiger partial charge in [0.05, 0.1) is 0 Å². The first-order valence-electron chi connectivity index (χ1n) is 6.95. The largest absolute Gasteiger partial charge is 0.454 e. The van der Waals surface area contributed by atoms with Gasteiger partial charge in [-0.05, 0) is 19.1 Å². The molecule has 116 valence electrons. The number of aromatic nitrogens is 3. The van der Waals surface area contributed by atoms with Crippen molar-refractivity contribution < 1.29 is 14.0 Å². The molecule has 1 aromatic carbocycles. The summed E-state index contributed by atoms with van der Waals surface area (Å²) in [5.74, 6) is 4.01. The number of rotatable bonds is 4. The van der Waals surface area contributed by atoms with E-state index >= 15 is 0 Å². The van der Waals surface area contributed by atoms with Crippen LogP contribution in [0.4, 0.5) is 23.1 Å². The Labute approximate surface area is 131 Å². The zero-order valence-electron chi connectivity index (χ0n) is 12.2. The fraction of sp³-hybridized carbons (Fsp3) is 0.133. The van der Waals surface area contributed by atoms with Crippen LogP contribution in [-0.2, 0) is 0 Å². The standard InChI is InChI=1S/C15H13N5O3/c1-9-4-15(20-23-9)19-14-6-13(16-7-17-14)18-10-2-3-11-12(5-10)22-8-21-11/h2-7H,8H2,1H3,(H2,16,17,18,19,20). The van der Waals surface area contributed by atoms with Crippen molar-refractivity contribution in [1.82, 2.24) is 15.1 Å². The van der Waals surface area contributed by atoms with E-state index in [0.29, 0.717) is 23.2 Å². The maximum absolute atomic E-state index is 5.36. The first kappa shape index (κ1) is 13.4. The lowest BCUT2D eigenvalue weighted by molar-refractivity contribution is 0.174. The molecule has 0 radical (unpaired) electrons.